The van der Waals surface area contributed by atoms with Crippen LogP contribution in [0.15, 0.2) is 59.1 Å². The van der Waals surface area contributed by atoms with Crippen molar-refractivity contribution in [2.75, 3.05) is 27.2 Å². The van der Waals surface area contributed by atoms with E-state index in [9.17, 15) is 9.59 Å². The number of likely N-dealkylation sites (N-methyl/N-ethyl adjacent to an activating group) is 1. The summed E-state index contributed by atoms with van der Waals surface area (Å²) in [6.45, 7) is 1.10. The molecule has 0 saturated heterocycles. The lowest BCUT2D eigenvalue weighted by Gasteiger charge is -2.21. The Balaban J connectivity index is 1.84. The number of quaternary nitrogens is 1. The molecule has 2 rings (SSSR count). The van der Waals surface area contributed by atoms with E-state index < -0.39 is 0 Å². The molecule has 5 nitrogen and oxygen atoms in total. The van der Waals surface area contributed by atoms with Gasteiger partial charge in [-0.1, -0.05) is 46.3 Å². The van der Waals surface area contributed by atoms with Crippen LogP contribution in [0.3, 0.4) is 0 Å². The Kier molecular flexibility index (Phi) is 7.81. The molecule has 0 spiro atoms. The number of rotatable bonds is 8. The smallest absolute Gasteiger partial charge is 0.251 e. The number of nitrogens with one attached hydrogen (secondary N) is 3. The Morgan fingerprint density at radius 2 is 1.69 bits per heavy atom. The van der Waals surface area contributed by atoms with E-state index in [-0.39, 0.29) is 24.3 Å². The zero-order chi connectivity index (χ0) is 18.9. The van der Waals surface area contributed by atoms with E-state index >= 15 is 0 Å². The Labute approximate surface area is 162 Å². The molecule has 138 valence electrons. The first kappa shape index (κ1) is 20.1. The highest BCUT2D eigenvalue weighted by molar-refractivity contribution is 9.10. The first-order valence-corrected chi connectivity index (χ1v) is 9.42. The average molecular weight is 419 g/mol. The zero-order valence-electron chi connectivity index (χ0n) is 15.1. The number of benzene rings is 2. The molecule has 0 bridgehead atoms. The molecule has 2 amide bonds. The first-order chi connectivity index (χ1) is 12.5. The van der Waals surface area contributed by atoms with Gasteiger partial charge in [0.1, 0.15) is 12.6 Å². The summed E-state index contributed by atoms with van der Waals surface area (Å²) in [5.41, 5.74) is 1.66. The zero-order valence-corrected chi connectivity index (χ0v) is 16.7. The molecule has 3 N–H and O–H groups in total. The molecule has 0 aliphatic carbocycles. The molecule has 26 heavy (non-hydrogen) atoms. The number of hydrogen-bond acceptors (Lipinski definition) is 2. The third-order valence-electron chi connectivity index (χ3n) is 3.89. The van der Waals surface area contributed by atoms with Crippen LogP contribution in [-0.4, -0.2) is 39.0 Å². The van der Waals surface area contributed by atoms with Crippen LogP contribution >= 0.6 is 15.9 Å². The van der Waals surface area contributed by atoms with Gasteiger partial charge in [0.05, 0.1) is 14.1 Å². The molecule has 0 fully saturated rings. The van der Waals surface area contributed by atoms with E-state index in [1.54, 1.807) is 12.1 Å². The van der Waals surface area contributed by atoms with Gasteiger partial charge in [-0.2, -0.15) is 0 Å². The van der Waals surface area contributed by atoms with Crippen molar-refractivity contribution < 1.29 is 14.5 Å². The molecule has 0 unspecified atom stereocenters. The fraction of sp³-hybridized carbons (Fsp3) is 0.300. The summed E-state index contributed by atoms with van der Waals surface area (Å²) in [6, 6.07) is 17.0. The van der Waals surface area contributed by atoms with Gasteiger partial charge in [-0.25, -0.2) is 0 Å². The van der Waals surface area contributed by atoms with E-state index in [1.165, 1.54) is 4.90 Å². The van der Waals surface area contributed by atoms with Crippen molar-refractivity contribution in [3.63, 3.8) is 0 Å². The van der Waals surface area contributed by atoms with Crippen LogP contribution < -0.4 is 15.5 Å². The fourth-order valence-electron chi connectivity index (χ4n) is 2.61. The maximum atomic E-state index is 12.3. The normalized spacial score (nSPS) is 11.8. The monoisotopic (exact) mass is 418 g/mol. The van der Waals surface area contributed by atoms with Gasteiger partial charge in [-0.05, 0) is 29.8 Å². The maximum Gasteiger partial charge on any atom is 0.251 e. The quantitative estimate of drug-likeness (QED) is 0.609. The summed E-state index contributed by atoms with van der Waals surface area (Å²) in [7, 11) is 4.11. The van der Waals surface area contributed by atoms with E-state index in [4.69, 9.17) is 0 Å². The van der Waals surface area contributed by atoms with Crippen LogP contribution in [0.2, 0.25) is 0 Å². The number of hydrogen-bond donors (Lipinski definition) is 3. The van der Waals surface area contributed by atoms with E-state index in [0.29, 0.717) is 12.1 Å². The van der Waals surface area contributed by atoms with Gasteiger partial charge in [0.25, 0.3) is 5.91 Å². The van der Waals surface area contributed by atoms with Crippen molar-refractivity contribution in [2.24, 2.45) is 0 Å². The molecule has 0 aliphatic heterocycles. The predicted octanol–water partition coefficient (Wildman–Crippen LogP) is 1.57. The standard InChI is InChI=1S/C20H24BrN3O2/c1-24(2)14-18(15-6-4-3-5-7-15)23-19(25)12-13-22-20(26)16-8-10-17(21)11-9-16/h3-11,18H,12-14H2,1-2H3,(H,22,26)(H,23,25)/p+1/t18-/m1/s1. The van der Waals surface area contributed by atoms with Gasteiger partial charge in [0.2, 0.25) is 5.91 Å². The van der Waals surface area contributed by atoms with Crippen molar-refractivity contribution in [2.45, 2.75) is 12.5 Å². The predicted molar refractivity (Wildman–Crippen MR) is 106 cm³/mol. The summed E-state index contributed by atoms with van der Waals surface area (Å²) in [5.74, 6) is -0.251. The molecule has 0 aliphatic rings. The summed E-state index contributed by atoms with van der Waals surface area (Å²) >= 11 is 3.34. The van der Waals surface area contributed by atoms with Crippen molar-refractivity contribution >= 4 is 27.7 Å². The minimum Gasteiger partial charge on any atom is -0.352 e. The number of carbonyl (C=O) groups is 2. The summed E-state index contributed by atoms with van der Waals surface area (Å²) in [5, 5.41) is 5.85. The maximum absolute atomic E-state index is 12.3. The lowest BCUT2D eigenvalue weighted by molar-refractivity contribution is -0.860. The van der Waals surface area contributed by atoms with Crippen LogP contribution in [-0.2, 0) is 4.79 Å². The van der Waals surface area contributed by atoms with Gasteiger partial charge in [-0.3, -0.25) is 9.59 Å². The van der Waals surface area contributed by atoms with Gasteiger partial charge in [0.15, 0.2) is 0 Å². The third-order valence-corrected chi connectivity index (χ3v) is 4.42. The van der Waals surface area contributed by atoms with E-state index in [0.717, 1.165) is 16.6 Å². The number of carbonyl (C=O) groups excluding carboxylic acids is 2. The highest BCUT2D eigenvalue weighted by Gasteiger charge is 2.17. The van der Waals surface area contributed by atoms with Gasteiger partial charge in [-0.15, -0.1) is 0 Å². The van der Waals surface area contributed by atoms with Crippen LogP contribution in [0.5, 0.6) is 0 Å². The fourth-order valence-corrected chi connectivity index (χ4v) is 2.87. The first-order valence-electron chi connectivity index (χ1n) is 8.63. The summed E-state index contributed by atoms with van der Waals surface area (Å²) in [6.07, 6.45) is 0.244. The molecule has 2 aromatic rings. The number of amides is 2. The molecular formula is C20H25BrN3O2+. The average Bonchev–Trinajstić information content (AvgIpc) is 2.62. The van der Waals surface area contributed by atoms with E-state index in [1.807, 2.05) is 42.5 Å². The minimum absolute atomic E-state index is 0.0455. The molecule has 0 heterocycles. The Morgan fingerprint density at radius 1 is 1.04 bits per heavy atom. The van der Waals surface area contributed by atoms with Gasteiger partial charge < -0.3 is 15.5 Å². The van der Waals surface area contributed by atoms with Crippen LogP contribution in [0.25, 0.3) is 0 Å². The topological polar surface area (TPSA) is 62.6 Å². The highest BCUT2D eigenvalue weighted by Crippen LogP contribution is 2.11. The largest absolute Gasteiger partial charge is 0.352 e. The van der Waals surface area contributed by atoms with Gasteiger partial charge in [0, 0.05) is 23.0 Å². The lowest BCUT2D eigenvalue weighted by atomic mass is 10.1. The van der Waals surface area contributed by atoms with Crippen molar-refractivity contribution in [1.82, 2.24) is 10.6 Å². The van der Waals surface area contributed by atoms with Gasteiger partial charge >= 0.3 is 0 Å². The Bertz CT molecular complexity index is 718. The molecule has 0 radical (unpaired) electrons. The molecule has 2 aromatic carbocycles. The Hall–Kier alpha value is -2.18. The van der Waals surface area contributed by atoms with Crippen LogP contribution in [0.4, 0.5) is 0 Å². The molecule has 6 heteroatoms. The van der Waals surface area contributed by atoms with Crippen molar-refractivity contribution in [3.8, 4) is 0 Å². The molecule has 1 atom stereocenters. The second-order valence-corrected chi connectivity index (χ2v) is 7.37. The second kappa shape index (κ2) is 10.1. The second-order valence-electron chi connectivity index (χ2n) is 6.45. The third kappa shape index (κ3) is 6.61. The minimum atomic E-state index is -0.178. The molecular weight excluding hydrogens is 394 g/mol. The SMILES string of the molecule is C[NH+](C)C[C@@H](NC(=O)CCNC(=O)c1ccc(Br)cc1)c1ccccc1. The molecule has 0 aromatic heterocycles. The van der Waals surface area contributed by atoms with Crippen molar-refractivity contribution in [3.05, 3.63) is 70.2 Å². The summed E-state index contributed by atoms with van der Waals surface area (Å²) in [4.78, 5) is 25.6. The Morgan fingerprint density at radius 3 is 2.31 bits per heavy atom. The highest BCUT2D eigenvalue weighted by atomic mass is 79.9. The number of halogens is 1. The van der Waals surface area contributed by atoms with Crippen LogP contribution in [0.1, 0.15) is 28.4 Å². The molecule has 0 saturated carbocycles. The van der Waals surface area contributed by atoms with Crippen molar-refractivity contribution in [1.29, 1.82) is 0 Å². The van der Waals surface area contributed by atoms with Crippen LogP contribution in [0, 0.1) is 0 Å². The lowest BCUT2D eigenvalue weighted by Crippen LogP contribution is -3.06. The van der Waals surface area contributed by atoms with E-state index in [2.05, 4.69) is 40.7 Å². The summed E-state index contributed by atoms with van der Waals surface area (Å²) < 4.78 is 0.920.